The molecule has 1 amide bonds. The number of aliphatic hydroxyl groups excluding tert-OH is 2. The third-order valence-electron chi connectivity index (χ3n) is 3.07. The lowest BCUT2D eigenvalue weighted by Gasteiger charge is -2.22. The van der Waals surface area contributed by atoms with Crippen LogP contribution in [0.1, 0.15) is 43.6 Å². The van der Waals surface area contributed by atoms with Crippen LogP contribution in [0.3, 0.4) is 0 Å². The number of benzene rings is 1. The molecular formula is C16H25NO5. The van der Waals surface area contributed by atoms with Gasteiger partial charge in [-0.15, -0.1) is 0 Å². The number of phenols is 1. The van der Waals surface area contributed by atoms with Crippen molar-refractivity contribution in [2.75, 3.05) is 6.54 Å². The van der Waals surface area contributed by atoms with E-state index in [-0.39, 0.29) is 12.3 Å². The first-order chi connectivity index (χ1) is 10.0. The van der Waals surface area contributed by atoms with Gasteiger partial charge < -0.3 is 25.4 Å². The van der Waals surface area contributed by atoms with Gasteiger partial charge in [0, 0.05) is 6.54 Å². The van der Waals surface area contributed by atoms with Crippen molar-refractivity contribution in [2.24, 2.45) is 0 Å². The van der Waals surface area contributed by atoms with Gasteiger partial charge in [-0.1, -0.05) is 0 Å². The van der Waals surface area contributed by atoms with Gasteiger partial charge in [-0.3, -0.25) is 0 Å². The lowest BCUT2D eigenvalue weighted by molar-refractivity contribution is 0.0129. The molecule has 0 aliphatic heterocycles. The van der Waals surface area contributed by atoms with Gasteiger partial charge >= 0.3 is 6.09 Å². The Labute approximate surface area is 130 Å². The number of aromatic hydroxyl groups is 1. The zero-order valence-corrected chi connectivity index (χ0v) is 13.7. The number of carbonyl (C=O) groups excluding carboxylic acids is 1. The van der Waals surface area contributed by atoms with Crippen LogP contribution in [0, 0.1) is 13.8 Å². The minimum absolute atomic E-state index is 0.144. The van der Waals surface area contributed by atoms with Crippen molar-refractivity contribution in [2.45, 2.75) is 52.4 Å². The number of hydrogen-bond acceptors (Lipinski definition) is 5. The topological polar surface area (TPSA) is 99.0 Å². The number of alkyl carbamates (subject to hydrolysis) is 1. The summed E-state index contributed by atoms with van der Waals surface area (Å²) in [6.07, 6.45) is -3.01. The van der Waals surface area contributed by atoms with Crippen LogP contribution in [0.2, 0.25) is 0 Å². The third-order valence-corrected chi connectivity index (χ3v) is 3.07. The van der Waals surface area contributed by atoms with Crippen LogP contribution in [-0.2, 0) is 4.74 Å². The van der Waals surface area contributed by atoms with Gasteiger partial charge in [0.25, 0.3) is 0 Å². The molecule has 0 saturated carbocycles. The highest BCUT2D eigenvalue weighted by molar-refractivity contribution is 5.67. The monoisotopic (exact) mass is 311 g/mol. The molecular weight excluding hydrogens is 286 g/mol. The molecule has 2 unspecified atom stereocenters. The molecule has 22 heavy (non-hydrogen) atoms. The van der Waals surface area contributed by atoms with E-state index in [1.807, 2.05) is 0 Å². The lowest BCUT2D eigenvalue weighted by atomic mass is 9.99. The van der Waals surface area contributed by atoms with E-state index in [9.17, 15) is 20.1 Å². The van der Waals surface area contributed by atoms with Crippen LogP contribution in [0.5, 0.6) is 5.75 Å². The third kappa shape index (κ3) is 5.20. The highest BCUT2D eigenvalue weighted by Crippen LogP contribution is 2.27. The number of aryl methyl sites for hydroxylation is 2. The second kappa shape index (κ2) is 6.98. The average Bonchev–Trinajstić information content (AvgIpc) is 2.38. The zero-order valence-electron chi connectivity index (χ0n) is 13.7. The number of rotatable bonds is 4. The molecule has 0 fully saturated rings. The van der Waals surface area contributed by atoms with Gasteiger partial charge in [0.1, 0.15) is 23.6 Å². The molecule has 1 aromatic carbocycles. The molecule has 0 bridgehead atoms. The molecule has 0 saturated heterocycles. The van der Waals surface area contributed by atoms with Crippen molar-refractivity contribution in [3.63, 3.8) is 0 Å². The van der Waals surface area contributed by atoms with Crippen molar-refractivity contribution in [3.8, 4) is 5.75 Å². The van der Waals surface area contributed by atoms with E-state index >= 15 is 0 Å². The van der Waals surface area contributed by atoms with Crippen molar-refractivity contribution in [1.82, 2.24) is 5.32 Å². The van der Waals surface area contributed by atoms with E-state index < -0.39 is 23.9 Å². The van der Waals surface area contributed by atoms with E-state index in [0.29, 0.717) is 16.7 Å². The fraction of sp³-hybridized carbons (Fsp3) is 0.562. The Morgan fingerprint density at radius 3 is 2.18 bits per heavy atom. The highest BCUT2D eigenvalue weighted by Gasteiger charge is 2.22. The predicted octanol–water partition coefficient (Wildman–Crippen LogP) is 1.93. The van der Waals surface area contributed by atoms with E-state index in [1.54, 1.807) is 46.8 Å². The Hall–Kier alpha value is -1.79. The Morgan fingerprint density at radius 2 is 1.73 bits per heavy atom. The second-order valence-electron chi connectivity index (χ2n) is 6.40. The van der Waals surface area contributed by atoms with Gasteiger partial charge in [-0.2, -0.15) is 0 Å². The SMILES string of the molecule is Cc1cc(C(O)C(O)CNC(=O)OC(C)(C)C)cc(C)c1O. The summed E-state index contributed by atoms with van der Waals surface area (Å²) in [7, 11) is 0. The number of hydrogen-bond donors (Lipinski definition) is 4. The number of ether oxygens (including phenoxy) is 1. The summed E-state index contributed by atoms with van der Waals surface area (Å²) in [4.78, 5) is 11.5. The number of carbonyl (C=O) groups is 1. The van der Waals surface area contributed by atoms with Crippen LogP contribution in [0.25, 0.3) is 0 Å². The summed E-state index contributed by atoms with van der Waals surface area (Å²) in [5.41, 5.74) is 1.08. The number of nitrogens with one attached hydrogen (secondary N) is 1. The summed E-state index contributed by atoms with van der Waals surface area (Å²) in [6, 6.07) is 3.20. The fourth-order valence-electron chi connectivity index (χ4n) is 2.00. The fourth-order valence-corrected chi connectivity index (χ4v) is 2.00. The maximum Gasteiger partial charge on any atom is 0.407 e. The van der Waals surface area contributed by atoms with E-state index in [1.165, 1.54) is 0 Å². The van der Waals surface area contributed by atoms with Crippen molar-refractivity contribution in [3.05, 3.63) is 28.8 Å². The van der Waals surface area contributed by atoms with Crippen LogP contribution in [-0.4, -0.2) is 39.7 Å². The number of amides is 1. The maximum absolute atomic E-state index is 11.5. The van der Waals surface area contributed by atoms with E-state index in [0.717, 1.165) is 0 Å². The first kappa shape index (κ1) is 18.3. The summed E-state index contributed by atoms with van der Waals surface area (Å²) in [6.45, 7) is 8.49. The molecule has 4 N–H and O–H groups in total. The second-order valence-corrected chi connectivity index (χ2v) is 6.40. The van der Waals surface area contributed by atoms with Crippen molar-refractivity contribution in [1.29, 1.82) is 0 Å². The van der Waals surface area contributed by atoms with Gasteiger partial charge in [-0.05, 0) is 63.4 Å². The first-order valence-corrected chi connectivity index (χ1v) is 7.14. The largest absolute Gasteiger partial charge is 0.507 e. The molecule has 2 atom stereocenters. The molecule has 0 aromatic heterocycles. The summed E-state index contributed by atoms with van der Waals surface area (Å²) >= 11 is 0. The van der Waals surface area contributed by atoms with Crippen LogP contribution in [0.4, 0.5) is 4.79 Å². The van der Waals surface area contributed by atoms with Crippen LogP contribution >= 0.6 is 0 Å². The molecule has 1 aromatic rings. The molecule has 0 spiro atoms. The quantitative estimate of drug-likeness (QED) is 0.681. The van der Waals surface area contributed by atoms with E-state index in [4.69, 9.17) is 4.74 Å². The predicted molar refractivity (Wildman–Crippen MR) is 82.8 cm³/mol. The smallest absolute Gasteiger partial charge is 0.407 e. The Balaban J connectivity index is 2.66. The number of phenolic OH excluding ortho intramolecular Hbond substituents is 1. The Kier molecular flexibility index (Phi) is 5.79. The van der Waals surface area contributed by atoms with Gasteiger partial charge in [0.05, 0.1) is 0 Å². The molecule has 1 rings (SSSR count). The summed E-state index contributed by atoms with van der Waals surface area (Å²) < 4.78 is 5.05. The molecule has 0 aliphatic rings. The highest BCUT2D eigenvalue weighted by atomic mass is 16.6. The van der Waals surface area contributed by atoms with Gasteiger partial charge in [0.2, 0.25) is 0 Å². The standard InChI is InChI=1S/C16H25NO5/c1-9-6-11(7-10(2)13(9)19)14(20)12(18)8-17-15(21)22-16(3,4)5/h6-7,12,14,18-20H,8H2,1-5H3,(H,17,21). The minimum Gasteiger partial charge on any atom is -0.507 e. The molecule has 0 radical (unpaired) electrons. The van der Waals surface area contributed by atoms with Crippen molar-refractivity contribution >= 4 is 6.09 Å². The summed E-state index contributed by atoms with van der Waals surface area (Å²) in [5.74, 6) is 0.164. The summed E-state index contributed by atoms with van der Waals surface area (Å²) in [5, 5.41) is 32.3. The van der Waals surface area contributed by atoms with Crippen LogP contribution in [0.15, 0.2) is 12.1 Å². The normalized spacial score (nSPS) is 14.3. The molecule has 6 heteroatoms. The minimum atomic E-state index is -1.18. The van der Waals surface area contributed by atoms with Gasteiger partial charge in [0.15, 0.2) is 0 Å². The molecule has 124 valence electrons. The molecule has 0 heterocycles. The molecule has 6 nitrogen and oxygen atoms in total. The number of aliphatic hydroxyl groups is 2. The first-order valence-electron chi connectivity index (χ1n) is 7.14. The van der Waals surface area contributed by atoms with Crippen molar-refractivity contribution < 1.29 is 24.9 Å². The van der Waals surface area contributed by atoms with Crippen LogP contribution < -0.4 is 5.32 Å². The van der Waals surface area contributed by atoms with E-state index in [2.05, 4.69) is 5.32 Å². The molecule has 0 aliphatic carbocycles. The van der Waals surface area contributed by atoms with Gasteiger partial charge in [-0.25, -0.2) is 4.79 Å². The lowest BCUT2D eigenvalue weighted by Crippen LogP contribution is -2.38. The maximum atomic E-state index is 11.5. The Bertz CT molecular complexity index is 513. The average molecular weight is 311 g/mol. The Morgan fingerprint density at radius 1 is 1.23 bits per heavy atom. The zero-order chi connectivity index (χ0) is 17.1.